The lowest BCUT2D eigenvalue weighted by atomic mass is 10.3. The first-order chi connectivity index (χ1) is 11.2. The van der Waals surface area contributed by atoms with Crippen LogP contribution in [0.3, 0.4) is 0 Å². The van der Waals surface area contributed by atoms with Crippen molar-refractivity contribution in [3.05, 3.63) is 36.3 Å². The fourth-order valence-electron chi connectivity index (χ4n) is 2.09. The van der Waals surface area contributed by atoms with Gasteiger partial charge in [0.1, 0.15) is 10.7 Å². The second kappa shape index (κ2) is 7.25. The number of halogens is 1. The number of benzene rings is 1. The van der Waals surface area contributed by atoms with Crippen LogP contribution in [0.5, 0.6) is 0 Å². The molecule has 7 heteroatoms. The molecule has 23 heavy (non-hydrogen) atoms. The predicted molar refractivity (Wildman–Crippen MR) is 95.0 cm³/mol. The number of hydrogen-bond donors (Lipinski definition) is 1. The molecule has 0 radical (unpaired) electrons. The smallest absolute Gasteiger partial charge is 0.236 e. The van der Waals surface area contributed by atoms with Gasteiger partial charge in [-0.2, -0.15) is 4.39 Å². The highest BCUT2D eigenvalue weighted by Gasteiger charge is 2.11. The maximum absolute atomic E-state index is 13.8. The van der Waals surface area contributed by atoms with Gasteiger partial charge >= 0.3 is 0 Å². The predicted octanol–water partition coefficient (Wildman–Crippen LogP) is 4.28. The van der Waals surface area contributed by atoms with Gasteiger partial charge < -0.3 is 10.1 Å². The van der Waals surface area contributed by atoms with Gasteiger partial charge in [-0.25, -0.2) is 9.97 Å². The first-order valence-corrected chi connectivity index (χ1v) is 8.88. The van der Waals surface area contributed by atoms with Crippen LogP contribution in [0.1, 0.15) is 0 Å². The number of aromatic nitrogens is 2. The maximum Gasteiger partial charge on any atom is 0.236 e. The molecule has 1 N–H and O–H groups in total. The van der Waals surface area contributed by atoms with Gasteiger partial charge in [0.25, 0.3) is 0 Å². The molecule has 2 heterocycles. The monoisotopic (exact) mass is 348 g/mol. The quantitative estimate of drug-likeness (QED) is 0.409. The minimum Gasteiger partial charge on any atom is -0.384 e. The summed E-state index contributed by atoms with van der Waals surface area (Å²) in [6.45, 7) is 0.720. The number of thioether (sulfide) groups is 1. The molecule has 0 aliphatic heterocycles. The molecule has 0 saturated carbocycles. The van der Waals surface area contributed by atoms with E-state index < -0.39 is 5.95 Å². The van der Waals surface area contributed by atoms with Crippen LogP contribution in [-0.2, 0) is 4.74 Å². The van der Waals surface area contributed by atoms with Crippen molar-refractivity contribution in [1.29, 1.82) is 0 Å². The summed E-state index contributed by atoms with van der Waals surface area (Å²) < 4.78 is 20.0. The van der Waals surface area contributed by atoms with Crippen LogP contribution in [-0.4, -0.2) is 36.5 Å². The van der Waals surface area contributed by atoms with E-state index in [0.29, 0.717) is 11.4 Å². The van der Waals surface area contributed by atoms with Crippen LogP contribution in [0.4, 0.5) is 10.1 Å². The Morgan fingerprint density at radius 3 is 2.87 bits per heavy atom. The van der Waals surface area contributed by atoms with Gasteiger partial charge in [-0.1, -0.05) is 0 Å². The number of rotatable bonds is 6. The lowest BCUT2D eigenvalue weighted by molar-refractivity contribution is 0.218. The van der Waals surface area contributed by atoms with Crippen LogP contribution < -0.4 is 5.32 Å². The second-order valence-corrected chi connectivity index (χ2v) is 6.97. The Kier molecular flexibility index (Phi) is 5.09. The number of anilines is 1. The van der Waals surface area contributed by atoms with Gasteiger partial charge in [0.2, 0.25) is 5.95 Å². The largest absolute Gasteiger partial charge is 0.384 e. The molecule has 0 bridgehead atoms. The zero-order valence-electron chi connectivity index (χ0n) is 12.8. The normalized spacial score (nSPS) is 11.1. The van der Waals surface area contributed by atoms with E-state index in [1.54, 1.807) is 38.1 Å². The average molecular weight is 348 g/mol. The number of nitrogens with zero attached hydrogens (tertiary/aromatic N) is 2. The third-order valence-corrected chi connectivity index (χ3v) is 5.25. The minimum atomic E-state index is -0.514. The van der Waals surface area contributed by atoms with Crippen molar-refractivity contribution >= 4 is 39.0 Å². The summed E-state index contributed by atoms with van der Waals surface area (Å²) in [6, 6.07) is 9.60. The summed E-state index contributed by atoms with van der Waals surface area (Å²) in [5.41, 5.74) is 1.84. The highest BCUT2D eigenvalue weighted by Crippen LogP contribution is 2.32. The molecule has 0 unspecified atom stereocenters. The second-order valence-electron chi connectivity index (χ2n) is 4.77. The topological polar surface area (TPSA) is 47.0 Å². The van der Waals surface area contributed by atoms with E-state index in [9.17, 15) is 4.39 Å². The van der Waals surface area contributed by atoms with E-state index in [2.05, 4.69) is 21.4 Å². The minimum absolute atomic E-state index is 0.381. The third kappa shape index (κ3) is 3.63. The molecule has 0 fully saturated rings. The van der Waals surface area contributed by atoms with Crippen molar-refractivity contribution < 1.29 is 9.13 Å². The number of methoxy groups -OCH3 is 1. The Labute approximate surface area is 142 Å². The molecule has 0 saturated heterocycles. The lowest BCUT2D eigenvalue weighted by Gasteiger charge is -2.01. The highest BCUT2D eigenvalue weighted by molar-refractivity contribution is 7.99. The first kappa shape index (κ1) is 16.2. The van der Waals surface area contributed by atoms with Crippen molar-refractivity contribution in [2.45, 2.75) is 4.90 Å². The number of ether oxygens (including phenoxy) is 1. The Hall–Kier alpha value is -1.70. The number of nitrogens with one attached hydrogen (secondary N) is 1. The Balaban J connectivity index is 1.89. The molecule has 0 aliphatic rings. The van der Waals surface area contributed by atoms with Gasteiger partial charge in [0, 0.05) is 24.8 Å². The van der Waals surface area contributed by atoms with Crippen LogP contribution in [0.2, 0.25) is 0 Å². The third-order valence-electron chi connectivity index (χ3n) is 3.25. The van der Waals surface area contributed by atoms with Crippen molar-refractivity contribution in [2.24, 2.45) is 0 Å². The fourth-order valence-corrected chi connectivity index (χ4v) is 3.99. The van der Waals surface area contributed by atoms with E-state index in [1.807, 2.05) is 12.1 Å². The molecule has 120 valence electrons. The molecule has 2 aromatic heterocycles. The van der Waals surface area contributed by atoms with Crippen molar-refractivity contribution in [3.8, 4) is 10.7 Å². The summed E-state index contributed by atoms with van der Waals surface area (Å²) in [5.74, 6) is 0.395. The molecule has 0 amide bonds. The van der Waals surface area contributed by atoms with Crippen LogP contribution >= 0.6 is 23.1 Å². The Morgan fingerprint density at radius 1 is 1.26 bits per heavy atom. The number of hydrogen-bond acceptors (Lipinski definition) is 6. The molecule has 1 aromatic carbocycles. The zero-order valence-corrected chi connectivity index (χ0v) is 14.4. The van der Waals surface area contributed by atoms with Gasteiger partial charge in [0.05, 0.1) is 22.5 Å². The Bertz CT molecular complexity index is 822. The van der Waals surface area contributed by atoms with Crippen LogP contribution in [0.25, 0.3) is 20.9 Å². The standard InChI is InChI=1S/C16H16FN3OS2/c1-18-12-5-6-13(19-15(12)17)16-20-11-4-3-10(9-14(11)23-16)22-8-7-21-2/h3-6,9,18H,7-8H2,1-2H3/i17-1. The average Bonchev–Trinajstić information content (AvgIpc) is 2.98. The van der Waals surface area contributed by atoms with E-state index in [4.69, 9.17) is 4.74 Å². The molecule has 4 nitrogen and oxygen atoms in total. The van der Waals surface area contributed by atoms with Gasteiger partial charge in [-0.3, -0.25) is 0 Å². The zero-order chi connectivity index (χ0) is 16.2. The van der Waals surface area contributed by atoms with E-state index in [0.717, 1.165) is 27.6 Å². The molecular weight excluding hydrogens is 332 g/mol. The number of pyridine rings is 1. The summed E-state index contributed by atoms with van der Waals surface area (Å²) in [6.07, 6.45) is 0. The van der Waals surface area contributed by atoms with Crippen LogP contribution in [0.15, 0.2) is 35.2 Å². The number of thiazole rings is 1. The molecular formula is C16H16FN3OS2. The first-order valence-electron chi connectivity index (χ1n) is 7.08. The maximum atomic E-state index is 13.8. The lowest BCUT2D eigenvalue weighted by Crippen LogP contribution is -1.96. The van der Waals surface area contributed by atoms with Crippen LogP contribution in [0, 0.1) is 5.95 Å². The summed E-state index contributed by atoms with van der Waals surface area (Å²) in [7, 11) is 3.37. The molecule has 0 aliphatic carbocycles. The van der Waals surface area contributed by atoms with Gasteiger partial charge in [-0.05, 0) is 30.3 Å². The SMILES string of the molecule is CNc1ccc(-c2nc3ccc(SCCOC)cc3s2)nc1[18F]. The Morgan fingerprint density at radius 2 is 2.13 bits per heavy atom. The molecule has 0 atom stereocenters. The highest BCUT2D eigenvalue weighted by atomic mass is 32.2. The van der Waals surface area contributed by atoms with E-state index >= 15 is 0 Å². The van der Waals surface area contributed by atoms with Crippen molar-refractivity contribution in [1.82, 2.24) is 9.97 Å². The molecule has 3 aromatic rings. The van der Waals surface area contributed by atoms with Crippen molar-refractivity contribution in [3.63, 3.8) is 0 Å². The summed E-state index contributed by atoms with van der Waals surface area (Å²) in [5, 5.41) is 3.49. The van der Waals surface area contributed by atoms with E-state index in [1.165, 1.54) is 16.2 Å². The van der Waals surface area contributed by atoms with Gasteiger partial charge in [-0.15, -0.1) is 23.1 Å². The number of fused-ring (bicyclic) bond motifs is 1. The van der Waals surface area contributed by atoms with Gasteiger partial charge in [0.15, 0.2) is 0 Å². The summed E-state index contributed by atoms with van der Waals surface area (Å²) in [4.78, 5) is 9.72. The molecule has 3 rings (SSSR count). The van der Waals surface area contributed by atoms with Crippen molar-refractivity contribution in [2.75, 3.05) is 31.8 Å². The van der Waals surface area contributed by atoms with E-state index in [-0.39, 0.29) is 0 Å². The fraction of sp³-hybridized carbons (Fsp3) is 0.250. The molecule has 0 spiro atoms. The summed E-state index contributed by atoms with van der Waals surface area (Å²) >= 11 is 3.26.